The van der Waals surface area contributed by atoms with Gasteiger partial charge in [0.2, 0.25) is 0 Å². The van der Waals surface area contributed by atoms with Crippen molar-refractivity contribution in [1.29, 1.82) is 0 Å². The third-order valence-electron chi connectivity index (χ3n) is 5.97. The third kappa shape index (κ3) is 8.22. The number of nitrogens with zero attached hydrogens (tertiary/aromatic N) is 2. The van der Waals surface area contributed by atoms with Gasteiger partial charge >= 0.3 is 12.1 Å². The van der Waals surface area contributed by atoms with Crippen LogP contribution in [0.15, 0.2) is 34.7 Å². The van der Waals surface area contributed by atoms with Gasteiger partial charge in [-0.2, -0.15) is 13.2 Å². The number of aromatic nitrogens is 1. The van der Waals surface area contributed by atoms with Gasteiger partial charge < -0.3 is 14.7 Å². The molecule has 2 fully saturated rings. The summed E-state index contributed by atoms with van der Waals surface area (Å²) < 4.78 is 65.3. The zero-order chi connectivity index (χ0) is 26.3. The predicted octanol–water partition coefficient (Wildman–Crippen LogP) is 5.41. The maximum atomic E-state index is 12.5. The van der Waals surface area contributed by atoms with Crippen molar-refractivity contribution in [1.82, 2.24) is 9.88 Å². The number of likely N-dealkylation sites (tertiary alicyclic amines) is 1. The highest BCUT2D eigenvalue weighted by molar-refractivity contribution is 7.93. The molecule has 14 heteroatoms. The summed E-state index contributed by atoms with van der Waals surface area (Å²) in [5.41, 5.74) is 0. The van der Waals surface area contributed by atoms with Crippen LogP contribution in [0.5, 0.6) is 5.75 Å². The molecule has 0 amide bonds. The molecule has 0 spiro atoms. The van der Waals surface area contributed by atoms with E-state index in [1.807, 2.05) is 0 Å². The van der Waals surface area contributed by atoms with E-state index in [-0.39, 0.29) is 11.0 Å². The molecule has 2 heterocycles. The zero-order valence-electron chi connectivity index (χ0n) is 19.2. The Morgan fingerprint density at radius 2 is 1.81 bits per heavy atom. The Bertz CT molecular complexity index is 1100. The Kier molecular flexibility index (Phi) is 9.84. The van der Waals surface area contributed by atoms with Crippen LogP contribution in [-0.4, -0.2) is 60.8 Å². The molecule has 4 rings (SSSR count). The van der Waals surface area contributed by atoms with Gasteiger partial charge in [0, 0.05) is 30.7 Å². The van der Waals surface area contributed by atoms with E-state index in [0.717, 1.165) is 32.0 Å². The highest BCUT2D eigenvalue weighted by Crippen LogP contribution is 2.32. The van der Waals surface area contributed by atoms with Crippen LogP contribution in [0.1, 0.15) is 44.9 Å². The number of nitrogens with one attached hydrogen (secondary N) is 1. The van der Waals surface area contributed by atoms with E-state index in [1.165, 1.54) is 55.6 Å². The molecular formula is C22H27ClF3N3O5S2. The number of hydrogen-bond donors (Lipinski definition) is 2. The number of rotatable bonds is 6. The second kappa shape index (κ2) is 12.4. The standard InChI is InChI=1S/C20H26ClN3O3S2.C2HF3O2/c21-18-14-17(29(25,26)23-20-22-10-13-28-20)6-7-19(18)27-16-8-11-24(12-9-16)15-4-2-1-3-5-15;3-2(4,5)1(6)7/h6-7,10,13-16H,1-5,8-9,11-12H2,(H,22,23);(H,6,7). The fourth-order valence-electron chi connectivity index (χ4n) is 4.18. The van der Waals surface area contributed by atoms with Gasteiger partial charge in [0.15, 0.2) is 5.13 Å². The Labute approximate surface area is 216 Å². The molecule has 1 saturated heterocycles. The quantitative estimate of drug-likeness (QED) is 0.479. The van der Waals surface area contributed by atoms with Crippen molar-refractivity contribution >= 4 is 44.1 Å². The van der Waals surface area contributed by atoms with Crippen LogP contribution in [0, 0.1) is 0 Å². The first-order valence-corrected chi connectivity index (χ1v) is 14.1. The lowest BCUT2D eigenvalue weighted by molar-refractivity contribution is -0.192. The molecule has 2 N–H and O–H groups in total. The average Bonchev–Trinajstić information content (AvgIpc) is 3.33. The monoisotopic (exact) mass is 569 g/mol. The minimum Gasteiger partial charge on any atom is -0.489 e. The topological polar surface area (TPSA) is 109 Å². The van der Waals surface area contributed by atoms with E-state index in [0.29, 0.717) is 15.9 Å². The number of sulfonamides is 1. The highest BCUT2D eigenvalue weighted by Gasteiger charge is 2.38. The van der Waals surface area contributed by atoms with Crippen LogP contribution < -0.4 is 9.46 Å². The molecule has 36 heavy (non-hydrogen) atoms. The van der Waals surface area contributed by atoms with Gasteiger partial charge in [0.25, 0.3) is 10.0 Å². The van der Waals surface area contributed by atoms with Gasteiger partial charge in [-0.05, 0) is 43.9 Å². The Morgan fingerprint density at radius 3 is 2.33 bits per heavy atom. The molecule has 0 atom stereocenters. The summed E-state index contributed by atoms with van der Waals surface area (Å²) in [7, 11) is -3.72. The summed E-state index contributed by atoms with van der Waals surface area (Å²) in [5, 5.41) is 9.47. The number of anilines is 1. The zero-order valence-corrected chi connectivity index (χ0v) is 21.6. The van der Waals surface area contributed by atoms with Crippen LogP contribution in [0.2, 0.25) is 5.02 Å². The minimum absolute atomic E-state index is 0.0946. The van der Waals surface area contributed by atoms with Gasteiger partial charge in [-0.3, -0.25) is 4.72 Å². The average molecular weight is 570 g/mol. The lowest BCUT2D eigenvalue weighted by Gasteiger charge is -2.39. The number of piperidine rings is 1. The van der Waals surface area contributed by atoms with Gasteiger partial charge in [-0.15, -0.1) is 11.3 Å². The van der Waals surface area contributed by atoms with E-state index in [2.05, 4.69) is 14.6 Å². The number of carbonyl (C=O) groups is 1. The first-order valence-electron chi connectivity index (χ1n) is 11.4. The molecule has 8 nitrogen and oxygen atoms in total. The van der Waals surface area contributed by atoms with Crippen LogP contribution >= 0.6 is 22.9 Å². The number of hydrogen-bond acceptors (Lipinski definition) is 7. The fraction of sp³-hybridized carbons (Fsp3) is 0.545. The van der Waals surface area contributed by atoms with Gasteiger partial charge in [-0.25, -0.2) is 18.2 Å². The summed E-state index contributed by atoms with van der Waals surface area (Å²) in [6.45, 7) is 2.11. The van der Waals surface area contributed by atoms with Crippen LogP contribution in [0.25, 0.3) is 0 Å². The number of ether oxygens (including phenoxy) is 1. The summed E-state index contributed by atoms with van der Waals surface area (Å²) in [4.78, 5) is 15.6. The van der Waals surface area contributed by atoms with E-state index >= 15 is 0 Å². The van der Waals surface area contributed by atoms with Crippen LogP contribution in [0.3, 0.4) is 0 Å². The third-order valence-corrected chi connectivity index (χ3v) is 8.42. The van der Waals surface area contributed by atoms with E-state index in [9.17, 15) is 21.6 Å². The van der Waals surface area contributed by atoms with E-state index in [1.54, 1.807) is 17.6 Å². The normalized spacial score (nSPS) is 18.2. The Hall–Kier alpha value is -2.09. The highest BCUT2D eigenvalue weighted by atomic mass is 35.5. The van der Waals surface area contributed by atoms with E-state index < -0.39 is 22.2 Å². The summed E-state index contributed by atoms with van der Waals surface area (Å²) >= 11 is 7.57. The van der Waals surface area contributed by atoms with E-state index in [4.69, 9.17) is 26.2 Å². The van der Waals surface area contributed by atoms with Crippen molar-refractivity contribution in [2.24, 2.45) is 0 Å². The Morgan fingerprint density at radius 1 is 1.17 bits per heavy atom. The number of halogens is 4. The molecular weight excluding hydrogens is 543 g/mol. The molecule has 0 radical (unpaired) electrons. The van der Waals surface area contributed by atoms with Crippen molar-refractivity contribution in [3.05, 3.63) is 34.8 Å². The molecule has 1 aliphatic carbocycles. The first kappa shape index (κ1) is 28.5. The lowest BCUT2D eigenvalue weighted by atomic mass is 9.92. The number of carboxylic acid groups (broad SMARTS) is 1. The van der Waals surface area contributed by atoms with Gasteiger partial charge in [0.05, 0.1) is 9.92 Å². The number of carboxylic acids is 1. The molecule has 1 aliphatic heterocycles. The number of aliphatic carboxylic acids is 1. The maximum Gasteiger partial charge on any atom is 0.490 e. The molecule has 1 aromatic carbocycles. The van der Waals surface area contributed by atoms with Gasteiger partial charge in [0.1, 0.15) is 11.9 Å². The number of thiazole rings is 1. The molecule has 2 aliphatic rings. The minimum atomic E-state index is -5.08. The molecule has 0 unspecified atom stereocenters. The summed E-state index contributed by atoms with van der Waals surface area (Å²) in [6, 6.07) is 5.34. The van der Waals surface area contributed by atoms with Crippen molar-refractivity contribution < 1.29 is 36.2 Å². The van der Waals surface area contributed by atoms with Gasteiger partial charge in [-0.1, -0.05) is 30.9 Å². The van der Waals surface area contributed by atoms with Crippen molar-refractivity contribution in [2.75, 3.05) is 17.8 Å². The summed E-state index contributed by atoms with van der Waals surface area (Å²) in [5.74, 6) is -2.22. The van der Waals surface area contributed by atoms with Crippen LogP contribution in [0.4, 0.5) is 18.3 Å². The smallest absolute Gasteiger partial charge is 0.489 e. The second-order valence-corrected chi connectivity index (χ2v) is 11.5. The maximum absolute atomic E-state index is 12.5. The first-order chi connectivity index (χ1) is 17.0. The predicted molar refractivity (Wildman–Crippen MR) is 130 cm³/mol. The SMILES string of the molecule is O=C(O)C(F)(F)F.O=S(=O)(Nc1nccs1)c1ccc(OC2CCN(C3CCCCC3)CC2)c(Cl)c1. The Balaban J connectivity index is 0.000000454. The molecule has 0 bridgehead atoms. The van der Waals surface area contributed by atoms with Crippen molar-refractivity contribution in [3.8, 4) is 5.75 Å². The largest absolute Gasteiger partial charge is 0.490 e. The second-order valence-electron chi connectivity index (χ2n) is 8.48. The summed E-state index contributed by atoms with van der Waals surface area (Å²) in [6.07, 6.45) is 5.24. The lowest BCUT2D eigenvalue weighted by Crippen LogP contribution is -2.44. The van der Waals surface area contributed by atoms with Crippen molar-refractivity contribution in [3.63, 3.8) is 0 Å². The number of benzene rings is 1. The molecule has 1 aromatic heterocycles. The van der Waals surface area contributed by atoms with Crippen LogP contribution in [-0.2, 0) is 14.8 Å². The van der Waals surface area contributed by atoms with Crippen molar-refractivity contribution in [2.45, 2.75) is 68.2 Å². The molecule has 2 aromatic rings. The molecule has 1 saturated carbocycles. The number of alkyl halides is 3. The fourth-order valence-corrected chi connectivity index (χ4v) is 6.28. The molecule has 200 valence electrons.